The maximum Gasteiger partial charge on any atom is 0.417 e. The summed E-state index contributed by atoms with van der Waals surface area (Å²) in [5.41, 5.74) is -1.93. The second kappa shape index (κ2) is 7.42. The standard InChI is InChI=1S/C21H25F4N3O2S/c1-19(4-5-19)13-28-11-16(9-15(28)10-27-20(12-26)6-7-20)31(29,30)18-3-2-14(22)8-17(18)21(23,24)25/h2-3,8,15-16,27H,4-7,9-11,13H2,1H3. The highest BCUT2D eigenvalue weighted by Crippen LogP contribution is 2.47. The van der Waals surface area contributed by atoms with Gasteiger partial charge in [0, 0.05) is 25.7 Å². The van der Waals surface area contributed by atoms with Crippen molar-refractivity contribution in [1.82, 2.24) is 10.2 Å². The van der Waals surface area contributed by atoms with Crippen molar-refractivity contribution >= 4 is 9.84 Å². The van der Waals surface area contributed by atoms with E-state index >= 15 is 0 Å². The van der Waals surface area contributed by atoms with E-state index in [1.807, 2.05) is 4.90 Å². The monoisotopic (exact) mass is 459 g/mol. The van der Waals surface area contributed by atoms with Crippen molar-refractivity contribution in [3.05, 3.63) is 29.6 Å². The van der Waals surface area contributed by atoms with Crippen LogP contribution in [0.3, 0.4) is 0 Å². The summed E-state index contributed by atoms with van der Waals surface area (Å²) in [6.45, 7) is 3.31. The molecule has 1 aromatic carbocycles. The molecule has 10 heteroatoms. The van der Waals surface area contributed by atoms with Crippen molar-refractivity contribution in [2.24, 2.45) is 5.41 Å². The Balaban J connectivity index is 1.59. The zero-order chi connectivity index (χ0) is 22.7. The molecule has 0 aromatic heterocycles. The predicted octanol–water partition coefficient (Wildman–Crippen LogP) is 3.51. The summed E-state index contributed by atoms with van der Waals surface area (Å²) in [5, 5.41) is 11.5. The van der Waals surface area contributed by atoms with Crippen LogP contribution >= 0.6 is 0 Å². The average molecular weight is 460 g/mol. The highest BCUT2D eigenvalue weighted by atomic mass is 32.2. The molecule has 2 unspecified atom stereocenters. The number of nitriles is 1. The van der Waals surface area contributed by atoms with Gasteiger partial charge in [-0.15, -0.1) is 0 Å². The number of likely N-dealkylation sites (tertiary alicyclic amines) is 1. The molecule has 0 spiro atoms. The number of benzene rings is 1. The SMILES string of the molecule is CC1(CN2CC(S(=O)(=O)c3ccc(F)cc3C(F)(F)F)CC2CNC2(C#N)CC2)CC1. The third kappa shape index (κ3) is 4.59. The Bertz CT molecular complexity index is 1010. The van der Waals surface area contributed by atoms with Gasteiger partial charge in [0.15, 0.2) is 9.84 Å². The van der Waals surface area contributed by atoms with Crippen LogP contribution in [-0.4, -0.2) is 49.8 Å². The lowest BCUT2D eigenvalue weighted by Gasteiger charge is -2.28. The average Bonchev–Trinajstić information content (AvgIpc) is 3.59. The van der Waals surface area contributed by atoms with Gasteiger partial charge in [0.25, 0.3) is 0 Å². The maximum atomic E-state index is 13.5. The minimum absolute atomic E-state index is 0.0937. The Morgan fingerprint density at radius 3 is 2.48 bits per heavy atom. The first-order chi connectivity index (χ1) is 14.4. The van der Waals surface area contributed by atoms with Crippen LogP contribution < -0.4 is 5.32 Å². The van der Waals surface area contributed by atoms with Crippen molar-refractivity contribution in [2.75, 3.05) is 19.6 Å². The van der Waals surface area contributed by atoms with Gasteiger partial charge in [-0.1, -0.05) is 6.92 Å². The summed E-state index contributed by atoms with van der Waals surface area (Å²) in [4.78, 5) is 1.17. The van der Waals surface area contributed by atoms with E-state index in [2.05, 4.69) is 18.3 Å². The molecule has 0 radical (unpaired) electrons. The zero-order valence-electron chi connectivity index (χ0n) is 17.2. The molecule has 3 aliphatic rings. The second-order valence-electron chi connectivity index (χ2n) is 9.51. The molecule has 2 aliphatic carbocycles. The fraction of sp³-hybridized carbons (Fsp3) is 0.667. The number of hydrogen-bond acceptors (Lipinski definition) is 5. The van der Waals surface area contributed by atoms with Gasteiger partial charge >= 0.3 is 6.18 Å². The topological polar surface area (TPSA) is 73.2 Å². The van der Waals surface area contributed by atoms with Gasteiger partial charge in [0.1, 0.15) is 11.4 Å². The van der Waals surface area contributed by atoms with Gasteiger partial charge in [-0.2, -0.15) is 18.4 Å². The van der Waals surface area contributed by atoms with E-state index in [-0.39, 0.29) is 30.5 Å². The van der Waals surface area contributed by atoms with Gasteiger partial charge in [-0.3, -0.25) is 10.2 Å². The fourth-order valence-corrected chi connectivity index (χ4v) is 6.31. The first-order valence-corrected chi connectivity index (χ1v) is 11.9. The second-order valence-corrected chi connectivity index (χ2v) is 11.7. The van der Waals surface area contributed by atoms with Crippen LogP contribution in [0.15, 0.2) is 23.1 Å². The Labute approximate surface area is 179 Å². The number of nitrogens with zero attached hydrogens (tertiary/aromatic N) is 2. The highest BCUT2D eigenvalue weighted by Gasteiger charge is 2.49. The molecule has 1 heterocycles. The number of rotatable bonds is 7. The summed E-state index contributed by atoms with van der Waals surface area (Å²) < 4.78 is 80.3. The minimum atomic E-state index is -4.98. The van der Waals surface area contributed by atoms with Gasteiger partial charge in [0.05, 0.1) is 21.8 Å². The van der Waals surface area contributed by atoms with Crippen LogP contribution in [0.1, 0.15) is 44.6 Å². The van der Waals surface area contributed by atoms with E-state index in [0.29, 0.717) is 13.1 Å². The van der Waals surface area contributed by atoms with E-state index in [0.717, 1.165) is 37.8 Å². The molecule has 2 saturated carbocycles. The molecule has 1 saturated heterocycles. The van der Waals surface area contributed by atoms with Crippen LogP contribution in [-0.2, 0) is 16.0 Å². The van der Waals surface area contributed by atoms with Gasteiger partial charge in [-0.05, 0) is 55.7 Å². The Morgan fingerprint density at radius 2 is 1.94 bits per heavy atom. The molecule has 170 valence electrons. The summed E-state index contributed by atoms with van der Waals surface area (Å²) in [6, 6.07) is 3.76. The number of halogens is 4. The molecule has 0 amide bonds. The Morgan fingerprint density at radius 1 is 1.26 bits per heavy atom. The van der Waals surface area contributed by atoms with E-state index < -0.39 is 43.1 Å². The summed E-state index contributed by atoms with van der Waals surface area (Å²) in [7, 11) is -4.34. The van der Waals surface area contributed by atoms with E-state index in [4.69, 9.17) is 0 Å². The molecule has 2 atom stereocenters. The number of nitrogens with one attached hydrogen (secondary N) is 1. The molecule has 31 heavy (non-hydrogen) atoms. The Kier molecular flexibility index (Phi) is 5.39. The van der Waals surface area contributed by atoms with Crippen molar-refractivity contribution in [3.8, 4) is 6.07 Å². The van der Waals surface area contributed by atoms with Crippen LogP contribution in [0.25, 0.3) is 0 Å². The van der Waals surface area contributed by atoms with E-state index in [1.54, 1.807) is 0 Å². The third-order valence-electron chi connectivity index (χ3n) is 6.81. The molecule has 0 bridgehead atoms. The normalized spacial score (nSPS) is 27.1. The highest BCUT2D eigenvalue weighted by molar-refractivity contribution is 7.92. The first kappa shape index (κ1) is 22.5. The molecule has 1 aliphatic heterocycles. The summed E-state index contributed by atoms with van der Waals surface area (Å²) in [5.74, 6) is -1.13. The van der Waals surface area contributed by atoms with Gasteiger partial charge in [0.2, 0.25) is 0 Å². The quantitative estimate of drug-likeness (QED) is 0.499. The van der Waals surface area contributed by atoms with Crippen LogP contribution in [0.2, 0.25) is 0 Å². The van der Waals surface area contributed by atoms with Crippen LogP contribution in [0.4, 0.5) is 17.6 Å². The van der Waals surface area contributed by atoms with Crippen molar-refractivity contribution in [2.45, 2.75) is 66.9 Å². The smallest absolute Gasteiger partial charge is 0.298 e. The summed E-state index contributed by atoms with van der Waals surface area (Å²) >= 11 is 0. The Hall–Kier alpha value is -1.70. The fourth-order valence-electron chi connectivity index (χ4n) is 4.35. The molecule has 1 aromatic rings. The van der Waals surface area contributed by atoms with Crippen LogP contribution in [0, 0.1) is 22.6 Å². The largest absolute Gasteiger partial charge is 0.417 e. The van der Waals surface area contributed by atoms with E-state index in [1.165, 1.54) is 0 Å². The minimum Gasteiger partial charge on any atom is -0.298 e. The molecule has 3 fully saturated rings. The van der Waals surface area contributed by atoms with Crippen molar-refractivity contribution in [3.63, 3.8) is 0 Å². The number of sulfone groups is 1. The lowest BCUT2D eigenvalue weighted by atomic mass is 10.1. The lowest BCUT2D eigenvalue weighted by Crippen LogP contribution is -2.44. The number of alkyl halides is 3. The van der Waals surface area contributed by atoms with Gasteiger partial charge in [-0.25, -0.2) is 12.8 Å². The van der Waals surface area contributed by atoms with Crippen LogP contribution in [0.5, 0.6) is 0 Å². The third-order valence-corrected chi connectivity index (χ3v) is 9.00. The lowest BCUT2D eigenvalue weighted by molar-refractivity contribution is -0.140. The van der Waals surface area contributed by atoms with Crippen molar-refractivity contribution < 1.29 is 26.0 Å². The molecule has 1 N–H and O–H groups in total. The van der Waals surface area contributed by atoms with Gasteiger partial charge < -0.3 is 0 Å². The molecule has 5 nitrogen and oxygen atoms in total. The summed E-state index contributed by atoms with van der Waals surface area (Å²) in [6.07, 6.45) is -1.28. The van der Waals surface area contributed by atoms with Crippen molar-refractivity contribution in [1.29, 1.82) is 5.26 Å². The van der Waals surface area contributed by atoms with E-state index in [9.17, 15) is 31.2 Å². The molecule has 4 rings (SSSR count). The predicted molar refractivity (Wildman–Crippen MR) is 105 cm³/mol. The molecular formula is C21H25F4N3O2S. The maximum absolute atomic E-state index is 13.5. The number of hydrogen-bond donors (Lipinski definition) is 1. The molecular weight excluding hydrogens is 434 g/mol. The zero-order valence-corrected chi connectivity index (χ0v) is 18.0. The first-order valence-electron chi connectivity index (χ1n) is 10.4.